The third-order valence-corrected chi connectivity index (χ3v) is 3.06. The zero-order chi connectivity index (χ0) is 13.0. The summed E-state index contributed by atoms with van der Waals surface area (Å²) in [6.45, 7) is 4.75. The average molecular weight is 244 g/mol. The van der Waals surface area contributed by atoms with E-state index in [9.17, 15) is 5.21 Å². The molecule has 2 rings (SSSR count). The lowest BCUT2D eigenvalue weighted by Crippen LogP contribution is -2.10. The van der Waals surface area contributed by atoms with Crippen molar-refractivity contribution in [3.63, 3.8) is 0 Å². The fraction of sp³-hybridized carbons (Fsp3) is 0.400. The van der Waals surface area contributed by atoms with Crippen LogP contribution in [0.25, 0.3) is 10.9 Å². The first-order chi connectivity index (χ1) is 8.66. The van der Waals surface area contributed by atoms with Crippen molar-refractivity contribution < 1.29 is 4.74 Å². The van der Waals surface area contributed by atoms with Crippen molar-refractivity contribution in [3.05, 3.63) is 41.2 Å². The number of hydrogen-bond acceptors (Lipinski definition) is 1. The van der Waals surface area contributed by atoms with E-state index in [-0.39, 0.29) is 0 Å². The Kier molecular flexibility index (Phi) is 4.03. The molecule has 2 aromatic rings. The Morgan fingerprint density at radius 1 is 1.33 bits per heavy atom. The lowest BCUT2D eigenvalue weighted by molar-refractivity contribution is -0.453. The number of hydrogen-bond donors (Lipinski definition) is 1. The molecule has 0 spiro atoms. The van der Waals surface area contributed by atoms with E-state index in [0.29, 0.717) is 12.5 Å². The van der Waals surface area contributed by atoms with Crippen LogP contribution in [-0.2, 0) is 6.42 Å². The molecule has 0 fully saturated rings. The number of aromatic nitrogens is 1. The summed E-state index contributed by atoms with van der Waals surface area (Å²) in [5, 5.41) is 12.8. The highest BCUT2D eigenvalue weighted by molar-refractivity contribution is 5.83. The summed E-state index contributed by atoms with van der Waals surface area (Å²) in [7, 11) is 0. The molecule has 0 amide bonds. The quantitative estimate of drug-likeness (QED) is 0.373. The van der Waals surface area contributed by atoms with E-state index in [2.05, 4.69) is 31.0 Å². The Labute approximate surface area is 108 Å². The molecule has 1 aromatic carbocycles. The van der Waals surface area contributed by atoms with E-state index in [1.165, 1.54) is 10.9 Å². The smallest absolute Gasteiger partial charge is 0.157 e. The van der Waals surface area contributed by atoms with Gasteiger partial charge in [0.1, 0.15) is 0 Å². The van der Waals surface area contributed by atoms with Gasteiger partial charge >= 0.3 is 0 Å². The molecular weight excluding hydrogens is 224 g/mol. The van der Waals surface area contributed by atoms with Crippen molar-refractivity contribution in [2.75, 3.05) is 6.54 Å². The highest BCUT2D eigenvalue weighted by atomic mass is 16.5. The molecule has 1 heterocycles. The summed E-state index contributed by atoms with van der Waals surface area (Å²) in [5.74, 6) is 0.537. The number of benzene rings is 1. The summed E-state index contributed by atoms with van der Waals surface area (Å²) in [4.78, 5) is 3.23. The molecule has 0 unspecified atom stereocenters. The van der Waals surface area contributed by atoms with Gasteiger partial charge in [-0.2, -0.15) is 0 Å². The standard InChI is InChI=1S/C15H20N2O/c1-12(2)7-9-17(18)10-8-13-11-16-15-6-4-3-5-14(13)15/h3-6,9,11-12,16H,7-8,10H2,1-2H3/b17-9-. The number of H-pyrrole nitrogens is 1. The van der Waals surface area contributed by atoms with Crippen molar-refractivity contribution in [3.8, 4) is 0 Å². The van der Waals surface area contributed by atoms with Crippen molar-refractivity contribution in [1.29, 1.82) is 0 Å². The summed E-state index contributed by atoms with van der Waals surface area (Å²) in [6.07, 6.45) is 5.37. The zero-order valence-corrected chi connectivity index (χ0v) is 11.0. The van der Waals surface area contributed by atoms with Gasteiger partial charge in [0.25, 0.3) is 0 Å². The first-order valence-corrected chi connectivity index (χ1v) is 6.49. The van der Waals surface area contributed by atoms with Crippen LogP contribution in [0.4, 0.5) is 0 Å². The van der Waals surface area contributed by atoms with Crippen LogP contribution >= 0.6 is 0 Å². The van der Waals surface area contributed by atoms with E-state index in [1.807, 2.05) is 18.3 Å². The van der Waals surface area contributed by atoms with E-state index in [1.54, 1.807) is 6.21 Å². The third-order valence-electron chi connectivity index (χ3n) is 3.06. The first kappa shape index (κ1) is 12.7. The molecule has 3 heteroatoms. The number of nitrogens with one attached hydrogen (secondary N) is 1. The van der Waals surface area contributed by atoms with Gasteiger partial charge in [-0.1, -0.05) is 32.0 Å². The van der Waals surface area contributed by atoms with Gasteiger partial charge in [-0.15, -0.1) is 0 Å². The maximum Gasteiger partial charge on any atom is 0.157 e. The highest BCUT2D eigenvalue weighted by Crippen LogP contribution is 2.17. The van der Waals surface area contributed by atoms with Crippen LogP contribution in [0.5, 0.6) is 0 Å². The number of aromatic amines is 1. The SMILES string of the molecule is CC(C)C/C=[N+](\[O-])CCc1c[nH]c2ccccc12. The molecule has 0 aliphatic carbocycles. The monoisotopic (exact) mass is 244 g/mol. The van der Waals surface area contributed by atoms with Gasteiger partial charge in [0, 0.05) is 29.9 Å². The maximum absolute atomic E-state index is 11.6. The molecule has 0 bridgehead atoms. The van der Waals surface area contributed by atoms with E-state index >= 15 is 0 Å². The maximum atomic E-state index is 11.6. The van der Waals surface area contributed by atoms with Crippen LogP contribution in [-0.4, -0.2) is 22.5 Å². The zero-order valence-electron chi connectivity index (χ0n) is 11.0. The predicted molar refractivity (Wildman–Crippen MR) is 76.0 cm³/mol. The summed E-state index contributed by atoms with van der Waals surface area (Å²) < 4.78 is 1.06. The van der Waals surface area contributed by atoms with Crippen LogP contribution in [0.15, 0.2) is 30.5 Å². The molecule has 0 saturated heterocycles. The molecule has 1 N–H and O–H groups in total. The average Bonchev–Trinajstić information content (AvgIpc) is 2.77. The van der Waals surface area contributed by atoms with Crippen LogP contribution in [0, 0.1) is 11.1 Å². The Balaban J connectivity index is 2.00. The number of hydroxylamine groups is 1. The second-order valence-electron chi connectivity index (χ2n) is 5.06. The van der Waals surface area contributed by atoms with Crippen molar-refractivity contribution in [2.24, 2.45) is 5.92 Å². The Morgan fingerprint density at radius 3 is 2.89 bits per heavy atom. The summed E-state index contributed by atoms with van der Waals surface area (Å²) >= 11 is 0. The lowest BCUT2D eigenvalue weighted by Gasteiger charge is -2.04. The first-order valence-electron chi connectivity index (χ1n) is 6.49. The topological polar surface area (TPSA) is 41.9 Å². The number of fused-ring (bicyclic) bond motifs is 1. The Bertz CT molecular complexity index is 540. The number of para-hydroxylation sites is 1. The Hall–Kier alpha value is -1.77. The molecule has 18 heavy (non-hydrogen) atoms. The minimum absolute atomic E-state index is 0.522. The molecule has 0 saturated carbocycles. The summed E-state index contributed by atoms with van der Waals surface area (Å²) in [6, 6.07) is 8.19. The van der Waals surface area contributed by atoms with Crippen molar-refractivity contribution in [1.82, 2.24) is 4.98 Å². The molecule has 1 aromatic heterocycles. The van der Waals surface area contributed by atoms with Crippen molar-refractivity contribution >= 4 is 17.1 Å². The second-order valence-corrected chi connectivity index (χ2v) is 5.06. The van der Waals surface area contributed by atoms with Gasteiger partial charge < -0.3 is 10.2 Å². The van der Waals surface area contributed by atoms with E-state index in [4.69, 9.17) is 0 Å². The van der Waals surface area contributed by atoms with Crippen LogP contribution in [0.3, 0.4) is 0 Å². The number of rotatable bonds is 5. The Morgan fingerprint density at radius 2 is 2.11 bits per heavy atom. The lowest BCUT2D eigenvalue weighted by atomic mass is 10.1. The van der Waals surface area contributed by atoms with Crippen molar-refractivity contribution in [2.45, 2.75) is 26.7 Å². The molecule has 3 nitrogen and oxygen atoms in total. The molecular formula is C15H20N2O. The van der Waals surface area contributed by atoms with Gasteiger partial charge in [0.05, 0.1) is 0 Å². The van der Waals surface area contributed by atoms with Gasteiger partial charge in [-0.05, 0) is 17.5 Å². The summed E-state index contributed by atoms with van der Waals surface area (Å²) in [5.41, 5.74) is 2.35. The molecule has 0 radical (unpaired) electrons. The predicted octanol–water partition coefficient (Wildman–Crippen LogP) is 3.34. The van der Waals surface area contributed by atoms with Gasteiger partial charge in [0.2, 0.25) is 0 Å². The largest absolute Gasteiger partial charge is 0.624 e. The molecule has 0 aliphatic heterocycles. The fourth-order valence-electron chi connectivity index (χ4n) is 1.99. The van der Waals surface area contributed by atoms with E-state index in [0.717, 1.165) is 23.1 Å². The van der Waals surface area contributed by atoms with Crippen LogP contribution < -0.4 is 0 Å². The molecule has 0 aliphatic rings. The minimum Gasteiger partial charge on any atom is -0.624 e. The third kappa shape index (κ3) is 3.13. The number of nitrogens with zero attached hydrogens (tertiary/aromatic N) is 1. The van der Waals surface area contributed by atoms with E-state index < -0.39 is 0 Å². The van der Waals surface area contributed by atoms with Crippen LogP contribution in [0.2, 0.25) is 0 Å². The second kappa shape index (κ2) is 5.71. The fourth-order valence-corrected chi connectivity index (χ4v) is 1.99. The van der Waals surface area contributed by atoms with Gasteiger partial charge in [0.15, 0.2) is 12.8 Å². The van der Waals surface area contributed by atoms with Gasteiger partial charge in [-0.25, -0.2) is 4.74 Å². The van der Waals surface area contributed by atoms with Crippen LogP contribution in [0.1, 0.15) is 25.8 Å². The molecule has 0 atom stereocenters. The molecule has 96 valence electrons. The highest BCUT2D eigenvalue weighted by Gasteiger charge is 2.04. The normalized spacial score (nSPS) is 12.5. The van der Waals surface area contributed by atoms with Gasteiger partial charge in [-0.3, -0.25) is 0 Å². The minimum atomic E-state index is 0.522.